The van der Waals surface area contributed by atoms with E-state index in [4.69, 9.17) is 28.5 Å². The van der Waals surface area contributed by atoms with Gasteiger partial charge in [0.2, 0.25) is 0 Å². The van der Waals surface area contributed by atoms with Crippen molar-refractivity contribution in [2.24, 2.45) is 0 Å². The van der Waals surface area contributed by atoms with Crippen LogP contribution in [0.3, 0.4) is 0 Å². The van der Waals surface area contributed by atoms with Crippen LogP contribution in [0.25, 0.3) is 0 Å². The standard InChI is InChI=1S/C13H16Cl2N2O/c1-9(5-6-16)17(2)8-13(18)11-4-3-10(14)7-12(11)15/h3-4,7,9,13,18H,5,8H2,1-2H3. The highest BCUT2D eigenvalue weighted by Crippen LogP contribution is 2.27. The zero-order valence-corrected chi connectivity index (χ0v) is 11.9. The molecule has 18 heavy (non-hydrogen) atoms. The van der Waals surface area contributed by atoms with Crippen LogP contribution >= 0.6 is 23.2 Å². The van der Waals surface area contributed by atoms with Gasteiger partial charge in [0.1, 0.15) is 0 Å². The summed E-state index contributed by atoms with van der Waals surface area (Å²) in [6.45, 7) is 2.36. The Morgan fingerprint density at radius 3 is 2.67 bits per heavy atom. The van der Waals surface area contributed by atoms with Crippen molar-refractivity contribution in [1.29, 1.82) is 5.26 Å². The van der Waals surface area contributed by atoms with Crippen molar-refractivity contribution in [3.8, 4) is 6.07 Å². The average molecular weight is 287 g/mol. The van der Waals surface area contributed by atoms with Gasteiger partial charge in [-0.2, -0.15) is 5.26 Å². The van der Waals surface area contributed by atoms with Gasteiger partial charge in [-0.25, -0.2) is 0 Å². The van der Waals surface area contributed by atoms with Gasteiger partial charge in [-0.3, -0.25) is 4.90 Å². The molecule has 2 unspecified atom stereocenters. The zero-order chi connectivity index (χ0) is 13.7. The van der Waals surface area contributed by atoms with Crippen LogP contribution in [0.1, 0.15) is 25.0 Å². The summed E-state index contributed by atoms with van der Waals surface area (Å²) in [6.07, 6.45) is -0.265. The van der Waals surface area contributed by atoms with E-state index in [9.17, 15) is 5.11 Å². The second-order valence-electron chi connectivity index (χ2n) is 4.33. The maximum absolute atomic E-state index is 10.1. The molecule has 0 spiro atoms. The van der Waals surface area contributed by atoms with Gasteiger partial charge in [-0.15, -0.1) is 0 Å². The lowest BCUT2D eigenvalue weighted by Gasteiger charge is -2.25. The lowest BCUT2D eigenvalue weighted by molar-refractivity contribution is 0.109. The average Bonchev–Trinajstić information content (AvgIpc) is 2.28. The Morgan fingerprint density at radius 1 is 1.44 bits per heavy atom. The molecule has 1 aromatic carbocycles. The molecule has 98 valence electrons. The Morgan fingerprint density at radius 2 is 2.11 bits per heavy atom. The Balaban J connectivity index is 2.70. The van der Waals surface area contributed by atoms with Gasteiger partial charge in [0.05, 0.1) is 18.6 Å². The topological polar surface area (TPSA) is 47.3 Å². The second-order valence-corrected chi connectivity index (χ2v) is 5.18. The van der Waals surface area contributed by atoms with Crippen molar-refractivity contribution in [2.75, 3.05) is 13.6 Å². The fourth-order valence-electron chi connectivity index (χ4n) is 1.61. The Hall–Kier alpha value is -0.790. The fraction of sp³-hybridized carbons (Fsp3) is 0.462. The molecule has 0 heterocycles. The number of hydrogen-bond donors (Lipinski definition) is 1. The summed E-state index contributed by atoms with van der Waals surface area (Å²) in [5.41, 5.74) is 0.650. The minimum absolute atomic E-state index is 0.0933. The van der Waals surface area contributed by atoms with E-state index < -0.39 is 6.10 Å². The van der Waals surface area contributed by atoms with Crippen LogP contribution in [0, 0.1) is 11.3 Å². The van der Waals surface area contributed by atoms with E-state index in [0.29, 0.717) is 28.6 Å². The molecule has 0 aliphatic heterocycles. The van der Waals surface area contributed by atoms with Gasteiger partial charge in [-0.05, 0) is 26.1 Å². The smallest absolute Gasteiger partial charge is 0.0931 e. The number of aliphatic hydroxyl groups is 1. The van der Waals surface area contributed by atoms with E-state index in [2.05, 4.69) is 6.07 Å². The quantitative estimate of drug-likeness (QED) is 0.904. The first-order valence-corrected chi connectivity index (χ1v) is 6.41. The van der Waals surface area contributed by atoms with E-state index in [1.807, 2.05) is 18.9 Å². The maximum atomic E-state index is 10.1. The van der Waals surface area contributed by atoms with Crippen LogP contribution < -0.4 is 0 Å². The third-order valence-corrected chi connectivity index (χ3v) is 3.48. The first kappa shape index (κ1) is 15.3. The van der Waals surface area contributed by atoms with E-state index >= 15 is 0 Å². The normalized spacial score (nSPS) is 14.3. The van der Waals surface area contributed by atoms with Gasteiger partial charge in [0.25, 0.3) is 0 Å². The van der Waals surface area contributed by atoms with Crippen molar-refractivity contribution in [3.63, 3.8) is 0 Å². The molecule has 0 fully saturated rings. The maximum Gasteiger partial charge on any atom is 0.0931 e. The number of nitrogens with zero attached hydrogens (tertiary/aromatic N) is 2. The highest BCUT2D eigenvalue weighted by molar-refractivity contribution is 6.35. The number of halogens is 2. The van der Waals surface area contributed by atoms with Crippen molar-refractivity contribution in [2.45, 2.75) is 25.5 Å². The molecule has 0 aliphatic carbocycles. The number of rotatable bonds is 5. The van der Waals surface area contributed by atoms with E-state index in [-0.39, 0.29) is 6.04 Å². The lowest BCUT2D eigenvalue weighted by atomic mass is 10.1. The van der Waals surface area contributed by atoms with Gasteiger partial charge in [0, 0.05) is 28.2 Å². The third-order valence-electron chi connectivity index (χ3n) is 2.92. The molecule has 5 heteroatoms. The minimum Gasteiger partial charge on any atom is -0.387 e. The van der Waals surface area contributed by atoms with Gasteiger partial charge in [-0.1, -0.05) is 29.3 Å². The summed E-state index contributed by atoms with van der Waals surface area (Å²) >= 11 is 11.8. The summed E-state index contributed by atoms with van der Waals surface area (Å²) in [5, 5.41) is 19.8. The molecular formula is C13H16Cl2N2O. The predicted octanol–water partition coefficient (Wildman–Crippen LogP) is 3.26. The molecule has 2 atom stereocenters. The van der Waals surface area contributed by atoms with Crippen molar-refractivity contribution < 1.29 is 5.11 Å². The van der Waals surface area contributed by atoms with Crippen LogP contribution in [0.5, 0.6) is 0 Å². The predicted molar refractivity (Wildman–Crippen MR) is 73.7 cm³/mol. The summed E-state index contributed by atoms with van der Waals surface area (Å²) in [4.78, 5) is 1.93. The highest BCUT2D eigenvalue weighted by Gasteiger charge is 2.17. The van der Waals surface area contributed by atoms with Crippen LogP contribution in [-0.2, 0) is 0 Å². The molecule has 0 saturated carbocycles. The summed E-state index contributed by atoms with van der Waals surface area (Å²) < 4.78 is 0. The Labute approximate surface area is 118 Å². The monoisotopic (exact) mass is 286 g/mol. The van der Waals surface area contributed by atoms with Gasteiger partial charge >= 0.3 is 0 Å². The molecule has 1 rings (SSSR count). The lowest BCUT2D eigenvalue weighted by Crippen LogP contribution is -2.32. The fourth-order valence-corrected chi connectivity index (χ4v) is 2.15. The first-order chi connectivity index (χ1) is 8.45. The minimum atomic E-state index is -0.694. The second kappa shape index (κ2) is 6.96. The van der Waals surface area contributed by atoms with Crippen LogP contribution in [-0.4, -0.2) is 29.6 Å². The van der Waals surface area contributed by atoms with Gasteiger partial charge in [0.15, 0.2) is 0 Å². The molecule has 0 bridgehead atoms. The Bertz CT molecular complexity index is 445. The van der Waals surface area contributed by atoms with Crippen LogP contribution in [0.2, 0.25) is 10.0 Å². The van der Waals surface area contributed by atoms with E-state index in [1.54, 1.807) is 18.2 Å². The SMILES string of the molecule is CC(CC#N)N(C)CC(O)c1ccc(Cl)cc1Cl. The molecule has 1 aromatic rings. The van der Waals surface area contributed by atoms with Crippen molar-refractivity contribution in [3.05, 3.63) is 33.8 Å². The molecule has 0 amide bonds. The molecule has 1 N–H and O–H groups in total. The number of likely N-dealkylation sites (N-methyl/N-ethyl adjacent to an activating group) is 1. The first-order valence-electron chi connectivity index (χ1n) is 5.66. The largest absolute Gasteiger partial charge is 0.387 e. The van der Waals surface area contributed by atoms with E-state index in [1.165, 1.54) is 0 Å². The molecule has 0 aromatic heterocycles. The number of hydrogen-bond acceptors (Lipinski definition) is 3. The Kier molecular flexibility index (Phi) is 5.90. The van der Waals surface area contributed by atoms with Crippen LogP contribution in [0.15, 0.2) is 18.2 Å². The van der Waals surface area contributed by atoms with E-state index in [0.717, 1.165) is 0 Å². The summed E-state index contributed by atoms with van der Waals surface area (Å²) in [7, 11) is 1.87. The summed E-state index contributed by atoms with van der Waals surface area (Å²) in [5.74, 6) is 0. The zero-order valence-electron chi connectivity index (χ0n) is 10.4. The third kappa shape index (κ3) is 4.15. The molecule has 0 radical (unpaired) electrons. The number of aliphatic hydroxyl groups excluding tert-OH is 1. The number of nitriles is 1. The molecule has 0 saturated heterocycles. The van der Waals surface area contributed by atoms with Crippen molar-refractivity contribution in [1.82, 2.24) is 4.90 Å². The molecule has 0 aliphatic rings. The number of benzene rings is 1. The molecule has 3 nitrogen and oxygen atoms in total. The van der Waals surface area contributed by atoms with Crippen LogP contribution in [0.4, 0.5) is 0 Å². The van der Waals surface area contributed by atoms with Gasteiger partial charge < -0.3 is 5.11 Å². The summed E-state index contributed by atoms with van der Waals surface area (Å²) in [6, 6.07) is 7.24. The molecular weight excluding hydrogens is 271 g/mol. The van der Waals surface area contributed by atoms with Crippen molar-refractivity contribution >= 4 is 23.2 Å². The highest BCUT2D eigenvalue weighted by atomic mass is 35.5.